The molecule has 1 N–H and O–H groups in total. The molecule has 0 bridgehead atoms. The molecule has 0 spiro atoms. The molecule has 3 aromatic carbocycles. The topological polar surface area (TPSA) is 41.6 Å². The molecule has 0 unspecified atom stereocenters. The first-order chi connectivity index (χ1) is 13.7. The van der Waals surface area contributed by atoms with Crippen LogP contribution in [0.15, 0.2) is 78.9 Å². The number of hydrogen-bond acceptors (Lipinski definition) is 3. The van der Waals surface area contributed by atoms with Crippen molar-refractivity contribution in [2.75, 3.05) is 23.9 Å². The molecule has 3 aromatic rings. The van der Waals surface area contributed by atoms with E-state index < -0.39 is 0 Å². The van der Waals surface area contributed by atoms with Crippen molar-refractivity contribution < 1.29 is 9.53 Å². The molecule has 144 valence electrons. The summed E-state index contributed by atoms with van der Waals surface area (Å²) in [6.07, 6.45) is 0.388. The fourth-order valence-electron chi connectivity index (χ4n) is 3.11. The number of nitrogens with one attached hydrogen (secondary N) is 1. The van der Waals surface area contributed by atoms with Crippen molar-refractivity contribution >= 4 is 17.3 Å². The number of ether oxygens (including phenoxy) is 1. The lowest BCUT2D eigenvalue weighted by molar-refractivity contribution is -0.116. The Balaban J connectivity index is 1.68. The number of benzene rings is 3. The first-order valence-corrected chi connectivity index (χ1v) is 9.44. The Kier molecular flexibility index (Phi) is 6.68. The molecule has 28 heavy (non-hydrogen) atoms. The fraction of sp³-hybridized carbons (Fsp3) is 0.208. The highest BCUT2D eigenvalue weighted by atomic mass is 16.5. The lowest BCUT2D eigenvalue weighted by Gasteiger charge is -2.25. The normalized spacial score (nSPS) is 10.4. The number of amides is 1. The first-order valence-electron chi connectivity index (χ1n) is 9.44. The summed E-state index contributed by atoms with van der Waals surface area (Å²) in [7, 11) is 1.61. The number of carbonyl (C=O) groups excluding carboxylic acids is 1. The van der Waals surface area contributed by atoms with Crippen LogP contribution in [0.5, 0.6) is 5.75 Å². The van der Waals surface area contributed by atoms with Gasteiger partial charge >= 0.3 is 0 Å². The molecule has 0 aliphatic heterocycles. The van der Waals surface area contributed by atoms with E-state index in [1.807, 2.05) is 61.5 Å². The van der Waals surface area contributed by atoms with Crippen LogP contribution in [-0.4, -0.2) is 19.6 Å². The Hall–Kier alpha value is -3.27. The van der Waals surface area contributed by atoms with Crippen molar-refractivity contribution in [3.8, 4) is 5.75 Å². The van der Waals surface area contributed by atoms with Gasteiger partial charge in [0.1, 0.15) is 5.75 Å². The van der Waals surface area contributed by atoms with Crippen LogP contribution in [0.2, 0.25) is 0 Å². The Morgan fingerprint density at radius 1 is 0.964 bits per heavy atom. The van der Waals surface area contributed by atoms with Gasteiger partial charge in [0.25, 0.3) is 0 Å². The van der Waals surface area contributed by atoms with E-state index in [2.05, 4.69) is 34.5 Å². The minimum Gasteiger partial charge on any atom is -0.495 e. The summed E-state index contributed by atoms with van der Waals surface area (Å²) in [6.45, 7) is 3.37. The summed E-state index contributed by atoms with van der Waals surface area (Å²) >= 11 is 0. The molecule has 1 amide bonds. The highest BCUT2D eigenvalue weighted by Gasteiger charge is 2.12. The molecule has 0 radical (unpaired) electrons. The maximum absolute atomic E-state index is 12.6. The van der Waals surface area contributed by atoms with Gasteiger partial charge in [-0.15, -0.1) is 0 Å². The number of methoxy groups -OCH3 is 1. The van der Waals surface area contributed by atoms with Gasteiger partial charge in [0.2, 0.25) is 5.91 Å². The highest BCUT2D eigenvalue weighted by molar-refractivity contribution is 5.92. The maximum Gasteiger partial charge on any atom is 0.226 e. The quantitative estimate of drug-likeness (QED) is 0.601. The van der Waals surface area contributed by atoms with Gasteiger partial charge in [0.15, 0.2) is 0 Å². The van der Waals surface area contributed by atoms with Crippen LogP contribution in [0.1, 0.15) is 17.5 Å². The Bertz CT molecular complexity index is 895. The van der Waals surface area contributed by atoms with E-state index in [4.69, 9.17) is 4.74 Å². The lowest BCUT2D eigenvalue weighted by Crippen LogP contribution is -2.27. The molecular weight excluding hydrogens is 348 g/mol. The zero-order chi connectivity index (χ0) is 19.8. The summed E-state index contributed by atoms with van der Waals surface area (Å²) in [6, 6.07) is 26.2. The van der Waals surface area contributed by atoms with Crippen molar-refractivity contribution in [2.45, 2.75) is 19.9 Å². The van der Waals surface area contributed by atoms with Gasteiger partial charge in [0.05, 0.1) is 12.8 Å². The zero-order valence-electron chi connectivity index (χ0n) is 16.4. The summed E-state index contributed by atoms with van der Waals surface area (Å²) in [5.41, 5.74) is 4.10. The molecule has 3 rings (SSSR count). The summed E-state index contributed by atoms with van der Waals surface area (Å²) in [5, 5.41) is 2.98. The van der Waals surface area contributed by atoms with Gasteiger partial charge in [-0.05, 0) is 42.3 Å². The van der Waals surface area contributed by atoms with Crippen molar-refractivity contribution in [3.63, 3.8) is 0 Å². The second-order valence-electron chi connectivity index (χ2n) is 6.74. The van der Waals surface area contributed by atoms with E-state index in [1.165, 1.54) is 5.56 Å². The molecule has 0 saturated carbocycles. The first kappa shape index (κ1) is 19.5. The molecule has 4 heteroatoms. The molecule has 0 aromatic heterocycles. The third-order valence-corrected chi connectivity index (χ3v) is 4.58. The van der Waals surface area contributed by atoms with Gasteiger partial charge in [-0.25, -0.2) is 0 Å². The smallest absolute Gasteiger partial charge is 0.226 e. The van der Waals surface area contributed by atoms with Crippen LogP contribution >= 0.6 is 0 Å². The number of rotatable bonds is 8. The molecule has 0 heterocycles. The van der Waals surface area contributed by atoms with E-state index >= 15 is 0 Å². The molecule has 0 fully saturated rings. The number of para-hydroxylation sites is 1. The average molecular weight is 374 g/mol. The predicted octanol–water partition coefficient (Wildman–Crippen LogP) is 5.04. The van der Waals surface area contributed by atoms with E-state index in [0.717, 1.165) is 17.8 Å². The van der Waals surface area contributed by atoms with Gasteiger partial charge in [-0.3, -0.25) is 4.79 Å². The molecule has 0 aliphatic carbocycles. The second kappa shape index (κ2) is 9.60. The van der Waals surface area contributed by atoms with Crippen LogP contribution in [0.4, 0.5) is 11.4 Å². The van der Waals surface area contributed by atoms with Crippen molar-refractivity contribution in [1.82, 2.24) is 0 Å². The number of aryl methyl sites for hydroxylation is 1. The Labute approximate surface area is 166 Å². The third-order valence-electron chi connectivity index (χ3n) is 4.58. The number of nitrogens with zero attached hydrogens (tertiary/aromatic N) is 1. The average Bonchev–Trinajstić information content (AvgIpc) is 2.72. The lowest BCUT2D eigenvalue weighted by atomic mass is 10.1. The molecule has 4 nitrogen and oxygen atoms in total. The minimum atomic E-state index is -0.0297. The molecule has 0 atom stereocenters. The SMILES string of the molecule is COc1ccc(C)cc1NC(=O)CCN(Cc1ccccc1)c1ccccc1. The number of carbonyl (C=O) groups is 1. The van der Waals surface area contributed by atoms with Crippen LogP contribution in [-0.2, 0) is 11.3 Å². The monoisotopic (exact) mass is 374 g/mol. The zero-order valence-corrected chi connectivity index (χ0v) is 16.4. The van der Waals surface area contributed by atoms with Gasteiger partial charge in [0, 0.05) is 25.2 Å². The highest BCUT2D eigenvalue weighted by Crippen LogP contribution is 2.25. The summed E-state index contributed by atoms with van der Waals surface area (Å²) in [5.74, 6) is 0.640. The molecule has 0 saturated heterocycles. The van der Waals surface area contributed by atoms with E-state index in [-0.39, 0.29) is 5.91 Å². The summed E-state index contributed by atoms with van der Waals surface area (Å²) in [4.78, 5) is 14.8. The van der Waals surface area contributed by atoms with E-state index in [9.17, 15) is 4.79 Å². The largest absolute Gasteiger partial charge is 0.495 e. The standard InChI is InChI=1S/C24H26N2O2/c1-19-13-14-23(28-2)22(17-19)25-24(27)15-16-26(21-11-7-4-8-12-21)18-20-9-5-3-6-10-20/h3-14,17H,15-16,18H2,1-2H3,(H,25,27). The van der Waals surface area contributed by atoms with Gasteiger partial charge in [-0.1, -0.05) is 54.6 Å². The Morgan fingerprint density at radius 3 is 2.32 bits per heavy atom. The van der Waals surface area contributed by atoms with E-state index in [0.29, 0.717) is 24.4 Å². The van der Waals surface area contributed by atoms with Crippen molar-refractivity contribution in [2.24, 2.45) is 0 Å². The number of hydrogen-bond donors (Lipinski definition) is 1. The predicted molar refractivity (Wildman–Crippen MR) is 115 cm³/mol. The van der Waals surface area contributed by atoms with Gasteiger partial charge < -0.3 is 15.0 Å². The van der Waals surface area contributed by atoms with E-state index in [1.54, 1.807) is 7.11 Å². The van der Waals surface area contributed by atoms with Gasteiger partial charge in [-0.2, -0.15) is 0 Å². The van der Waals surface area contributed by atoms with Crippen molar-refractivity contribution in [1.29, 1.82) is 0 Å². The minimum absolute atomic E-state index is 0.0297. The van der Waals surface area contributed by atoms with Crippen LogP contribution in [0.3, 0.4) is 0 Å². The Morgan fingerprint density at radius 2 is 1.64 bits per heavy atom. The van der Waals surface area contributed by atoms with Crippen molar-refractivity contribution in [3.05, 3.63) is 90.0 Å². The maximum atomic E-state index is 12.6. The van der Waals surface area contributed by atoms with Crippen LogP contribution in [0.25, 0.3) is 0 Å². The molecular formula is C24H26N2O2. The summed E-state index contributed by atoms with van der Waals surface area (Å²) < 4.78 is 5.35. The third kappa shape index (κ3) is 5.36. The van der Waals surface area contributed by atoms with Crippen LogP contribution in [0, 0.1) is 6.92 Å². The number of anilines is 2. The fourth-order valence-corrected chi connectivity index (χ4v) is 3.11. The second-order valence-corrected chi connectivity index (χ2v) is 6.74. The van der Waals surface area contributed by atoms with Crippen LogP contribution < -0.4 is 15.0 Å². The molecule has 0 aliphatic rings.